The molecule has 168 valence electrons. The number of amides is 2. The maximum atomic E-state index is 12.7. The van der Waals surface area contributed by atoms with Crippen LogP contribution < -0.4 is 4.90 Å². The number of thiocarbonyl (C=S) groups is 1. The van der Waals surface area contributed by atoms with E-state index in [0.717, 1.165) is 24.1 Å². The second-order valence-electron chi connectivity index (χ2n) is 7.30. The van der Waals surface area contributed by atoms with Crippen LogP contribution in [0.4, 0.5) is 5.69 Å². The number of thioether (sulfide) groups is 1. The van der Waals surface area contributed by atoms with E-state index in [-0.39, 0.29) is 25.0 Å². The average Bonchev–Trinajstić information content (AvgIpc) is 3.06. The first-order chi connectivity index (χ1) is 15.5. The number of rotatable bonds is 10. The molecule has 0 unspecified atom stereocenters. The maximum absolute atomic E-state index is 12.7. The van der Waals surface area contributed by atoms with E-state index in [1.54, 1.807) is 21.9 Å². The highest BCUT2D eigenvalue weighted by Gasteiger charge is 2.31. The van der Waals surface area contributed by atoms with Crippen molar-refractivity contribution in [3.63, 3.8) is 0 Å². The molecule has 2 amide bonds. The molecule has 1 heterocycles. The minimum Gasteiger partial charge on any atom is -0.395 e. The van der Waals surface area contributed by atoms with Crippen LogP contribution in [0.3, 0.4) is 0 Å². The van der Waals surface area contributed by atoms with Gasteiger partial charge >= 0.3 is 0 Å². The number of anilines is 1. The Hall–Kier alpha value is -2.19. The molecule has 0 aromatic heterocycles. The number of carbonyl (C=O) groups is 2. The zero-order valence-electron chi connectivity index (χ0n) is 17.6. The average molecular weight is 489 g/mol. The maximum Gasteiger partial charge on any atom is 0.266 e. The summed E-state index contributed by atoms with van der Waals surface area (Å²) in [5.41, 5.74) is 1.69. The minimum absolute atomic E-state index is 0.0123. The van der Waals surface area contributed by atoms with E-state index < -0.39 is 0 Å². The molecule has 0 radical (unpaired) electrons. The molecule has 0 spiro atoms. The Morgan fingerprint density at radius 3 is 2.50 bits per heavy atom. The molecule has 0 bridgehead atoms. The van der Waals surface area contributed by atoms with E-state index in [9.17, 15) is 14.7 Å². The molecular weight excluding hydrogens is 464 g/mol. The zero-order valence-corrected chi connectivity index (χ0v) is 20.0. The van der Waals surface area contributed by atoms with Gasteiger partial charge in [-0.1, -0.05) is 72.3 Å². The van der Waals surface area contributed by atoms with Crippen LogP contribution >= 0.6 is 35.6 Å². The van der Waals surface area contributed by atoms with Crippen molar-refractivity contribution in [2.75, 3.05) is 24.6 Å². The fraction of sp³-hybridized carbons (Fsp3) is 0.292. The lowest BCUT2D eigenvalue weighted by Crippen LogP contribution is -2.33. The Labute approximate surface area is 203 Å². The van der Waals surface area contributed by atoms with Gasteiger partial charge in [0.05, 0.1) is 11.5 Å². The normalized spacial score (nSPS) is 14.9. The Balaban J connectivity index is 1.46. The van der Waals surface area contributed by atoms with Crippen molar-refractivity contribution in [1.29, 1.82) is 0 Å². The van der Waals surface area contributed by atoms with Gasteiger partial charge in [-0.2, -0.15) is 0 Å². The van der Waals surface area contributed by atoms with Crippen molar-refractivity contribution < 1.29 is 14.7 Å². The van der Waals surface area contributed by atoms with E-state index in [2.05, 4.69) is 0 Å². The Morgan fingerprint density at radius 1 is 1.09 bits per heavy atom. The molecule has 32 heavy (non-hydrogen) atoms. The van der Waals surface area contributed by atoms with Crippen LogP contribution in [0.25, 0.3) is 6.08 Å². The van der Waals surface area contributed by atoms with Crippen molar-refractivity contribution in [3.8, 4) is 0 Å². The summed E-state index contributed by atoms with van der Waals surface area (Å²) in [6.45, 7) is 0.730. The third-order valence-corrected chi connectivity index (χ3v) is 6.64. The number of nitrogens with zero attached hydrogens (tertiary/aromatic N) is 2. The topological polar surface area (TPSA) is 60.9 Å². The van der Waals surface area contributed by atoms with Crippen molar-refractivity contribution in [2.45, 2.75) is 25.7 Å². The first kappa shape index (κ1) is 24.5. The Morgan fingerprint density at radius 2 is 1.81 bits per heavy atom. The largest absolute Gasteiger partial charge is 0.395 e. The van der Waals surface area contributed by atoms with E-state index in [1.165, 1.54) is 11.8 Å². The third-order valence-electron chi connectivity index (χ3n) is 5.01. The lowest BCUT2D eigenvalue weighted by atomic mass is 10.1. The highest BCUT2D eigenvalue weighted by Crippen LogP contribution is 2.33. The molecule has 8 heteroatoms. The molecule has 1 aliphatic rings. The molecule has 0 saturated carbocycles. The molecule has 0 aliphatic carbocycles. The molecule has 1 fully saturated rings. The van der Waals surface area contributed by atoms with Gasteiger partial charge in [-0.05, 0) is 48.7 Å². The second kappa shape index (κ2) is 12.2. The van der Waals surface area contributed by atoms with Crippen molar-refractivity contribution in [1.82, 2.24) is 4.90 Å². The molecule has 0 atom stereocenters. The lowest BCUT2D eigenvalue weighted by Gasteiger charge is -2.22. The molecule has 2 aromatic carbocycles. The Kier molecular flexibility index (Phi) is 9.29. The van der Waals surface area contributed by atoms with Gasteiger partial charge in [0.25, 0.3) is 5.91 Å². The van der Waals surface area contributed by atoms with Crippen molar-refractivity contribution in [2.24, 2.45) is 0 Å². The minimum atomic E-state index is -0.0846. The van der Waals surface area contributed by atoms with E-state index in [0.29, 0.717) is 33.6 Å². The number of halogens is 1. The monoisotopic (exact) mass is 488 g/mol. The summed E-state index contributed by atoms with van der Waals surface area (Å²) in [6.07, 6.45) is 4.50. The highest BCUT2D eigenvalue weighted by molar-refractivity contribution is 8.26. The smallest absolute Gasteiger partial charge is 0.266 e. The standard InChI is InChI=1S/C24H25ClN2O3S2/c25-19-12-10-18(11-13-19)17-21-23(30)27(24(31)32-21)14-6-2-5-9-22(29)26(15-16-28)20-7-3-1-4-8-20/h1,3-4,7-8,10-13,17,28H,2,5-6,9,14-16H2. The van der Waals surface area contributed by atoms with Gasteiger partial charge in [0.1, 0.15) is 4.32 Å². The number of unbranched alkanes of at least 4 members (excludes halogenated alkanes) is 2. The van der Waals surface area contributed by atoms with Gasteiger partial charge in [0.2, 0.25) is 5.91 Å². The number of benzene rings is 2. The summed E-state index contributed by atoms with van der Waals surface area (Å²) in [5.74, 6) is -0.0917. The molecule has 1 saturated heterocycles. The first-order valence-electron chi connectivity index (χ1n) is 10.5. The summed E-state index contributed by atoms with van der Waals surface area (Å²) in [7, 11) is 0. The first-order valence-corrected chi connectivity index (χ1v) is 12.1. The molecular formula is C24H25ClN2O3S2. The quantitative estimate of drug-likeness (QED) is 0.285. The molecule has 1 aliphatic heterocycles. The number of para-hydroxylation sites is 1. The van der Waals surface area contributed by atoms with E-state index >= 15 is 0 Å². The van der Waals surface area contributed by atoms with Crippen LogP contribution in [-0.2, 0) is 9.59 Å². The van der Waals surface area contributed by atoms with Gasteiger partial charge in [-0.15, -0.1) is 0 Å². The molecule has 1 N–H and O–H groups in total. The van der Waals surface area contributed by atoms with Crippen molar-refractivity contribution in [3.05, 3.63) is 70.1 Å². The number of aliphatic hydroxyl groups excluding tert-OH is 1. The predicted octanol–water partition coefficient (Wildman–Crippen LogP) is 5.13. The van der Waals surface area contributed by atoms with Crippen LogP contribution in [0.5, 0.6) is 0 Å². The van der Waals surface area contributed by atoms with Crippen LogP contribution in [-0.4, -0.2) is 45.8 Å². The highest BCUT2D eigenvalue weighted by atomic mass is 35.5. The van der Waals surface area contributed by atoms with Gasteiger partial charge in [0.15, 0.2) is 0 Å². The second-order valence-corrected chi connectivity index (χ2v) is 9.41. The third kappa shape index (κ3) is 6.65. The van der Waals surface area contributed by atoms with Gasteiger partial charge in [-0.3, -0.25) is 14.5 Å². The zero-order chi connectivity index (χ0) is 22.9. The summed E-state index contributed by atoms with van der Waals surface area (Å²) in [5, 5.41) is 9.95. The van der Waals surface area contributed by atoms with E-state index in [1.807, 2.05) is 48.5 Å². The molecule has 2 aromatic rings. The summed E-state index contributed by atoms with van der Waals surface area (Å²) in [6, 6.07) is 16.7. The summed E-state index contributed by atoms with van der Waals surface area (Å²) >= 11 is 12.6. The predicted molar refractivity (Wildman–Crippen MR) is 136 cm³/mol. The number of hydrogen-bond donors (Lipinski definition) is 1. The molecule has 5 nitrogen and oxygen atoms in total. The lowest BCUT2D eigenvalue weighted by molar-refractivity contribution is -0.122. The fourth-order valence-electron chi connectivity index (χ4n) is 3.37. The van der Waals surface area contributed by atoms with Crippen LogP contribution in [0.2, 0.25) is 5.02 Å². The molecule has 3 rings (SSSR count). The Bertz CT molecular complexity index is 980. The van der Waals surface area contributed by atoms with Gasteiger partial charge < -0.3 is 10.0 Å². The number of aliphatic hydroxyl groups is 1. The fourth-order valence-corrected chi connectivity index (χ4v) is 4.80. The SMILES string of the molecule is O=C1C(=Cc2ccc(Cl)cc2)SC(=S)N1CCCCCC(=O)N(CCO)c1ccccc1. The van der Waals surface area contributed by atoms with Crippen molar-refractivity contribution >= 4 is 63.5 Å². The number of carbonyl (C=O) groups excluding carboxylic acids is 2. The van der Waals surface area contributed by atoms with Crippen LogP contribution in [0, 0.1) is 0 Å². The summed E-state index contributed by atoms with van der Waals surface area (Å²) in [4.78, 5) is 29.2. The van der Waals surface area contributed by atoms with Gasteiger partial charge in [0, 0.05) is 30.2 Å². The number of hydrogen-bond acceptors (Lipinski definition) is 5. The summed E-state index contributed by atoms with van der Waals surface area (Å²) < 4.78 is 0.560. The van der Waals surface area contributed by atoms with Gasteiger partial charge in [-0.25, -0.2) is 0 Å². The van der Waals surface area contributed by atoms with E-state index in [4.69, 9.17) is 23.8 Å². The van der Waals surface area contributed by atoms with Crippen LogP contribution in [0.1, 0.15) is 31.2 Å². The van der Waals surface area contributed by atoms with Crippen LogP contribution in [0.15, 0.2) is 59.5 Å².